The van der Waals surface area contributed by atoms with Crippen molar-refractivity contribution in [3.63, 3.8) is 0 Å². The monoisotopic (exact) mass is 372 g/mol. The van der Waals surface area contributed by atoms with Crippen molar-refractivity contribution < 1.29 is 4.79 Å². The molecule has 1 aromatic rings. The third-order valence-electron chi connectivity index (χ3n) is 4.75. The largest absolute Gasteiger partial charge is 0.340 e. The number of halogens is 1. The molecule has 1 atom stereocenters. The SMILES string of the molecule is CCCc1csc(CN2CCCC(C(=O)N3CCNCC3)C2)n1.Cl. The van der Waals surface area contributed by atoms with Gasteiger partial charge in [0.05, 0.1) is 18.2 Å². The lowest BCUT2D eigenvalue weighted by atomic mass is 9.96. The number of rotatable bonds is 5. The summed E-state index contributed by atoms with van der Waals surface area (Å²) < 4.78 is 0. The Morgan fingerprint density at radius 2 is 2.17 bits per heavy atom. The van der Waals surface area contributed by atoms with Crippen molar-refractivity contribution in [2.45, 2.75) is 39.2 Å². The van der Waals surface area contributed by atoms with Crippen LogP contribution in [-0.2, 0) is 17.8 Å². The van der Waals surface area contributed by atoms with Gasteiger partial charge in [-0.25, -0.2) is 4.98 Å². The lowest BCUT2D eigenvalue weighted by Gasteiger charge is -2.36. The summed E-state index contributed by atoms with van der Waals surface area (Å²) in [5.41, 5.74) is 1.22. The molecule has 1 aromatic heterocycles. The van der Waals surface area contributed by atoms with Crippen LogP contribution in [0.15, 0.2) is 5.38 Å². The molecule has 2 saturated heterocycles. The Morgan fingerprint density at radius 1 is 1.38 bits per heavy atom. The molecule has 3 heterocycles. The fourth-order valence-corrected chi connectivity index (χ4v) is 4.40. The zero-order valence-electron chi connectivity index (χ0n) is 14.5. The highest BCUT2D eigenvalue weighted by atomic mass is 35.5. The van der Waals surface area contributed by atoms with E-state index < -0.39 is 0 Å². The van der Waals surface area contributed by atoms with Crippen molar-refractivity contribution in [3.8, 4) is 0 Å². The first-order valence-electron chi connectivity index (χ1n) is 8.91. The normalized spacial score (nSPS) is 22.2. The highest BCUT2D eigenvalue weighted by molar-refractivity contribution is 7.09. The maximum absolute atomic E-state index is 12.7. The molecular formula is C17H29ClN4OS. The van der Waals surface area contributed by atoms with Crippen LogP contribution >= 0.6 is 23.7 Å². The van der Waals surface area contributed by atoms with E-state index in [1.807, 2.05) is 4.90 Å². The molecule has 3 rings (SSSR count). The molecular weight excluding hydrogens is 344 g/mol. The van der Waals surface area contributed by atoms with Gasteiger partial charge < -0.3 is 10.2 Å². The molecule has 1 unspecified atom stereocenters. The summed E-state index contributed by atoms with van der Waals surface area (Å²) in [5.74, 6) is 0.541. The Labute approximate surface area is 155 Å². The maximum atomic E-state index is 12.7. The fourth-order valence-electron chi connectivity index (χ4n) is 3.53. The standard InChI is InChI=1S/C17H28N4OS.ClH/c1-2-4-15-13-23-16(19-15)12-20-8-3-5-14(11-20)17(22)21-9-6-18-7-10-21;/h13-14,18H,2-12H2,1H3;1H. The molecule has 2 aliphatic heterocycles. The minimum Gasteiger partial charge on any atom is -0.340 e. The number of hydrogen-bond acceptors (Lipinski definition) is 5. The third kappa shape index (κ3) is 5.15. The van der Waals surface area contributed by atoms with Gasteiger partial charge in [0.15, 0.2) is 0 Å². The van der Waals surface area contributed by atoms with Crippen LogP contribution in [-0.4, -0.2) is 60.0 Å². The van der Waals surface area contributed by atoms with Crippen LogP contribution in [0.25, 0.3) is 0 Å². The van der Waals surface area contributed by atoms with E-state index >= 15 is 0 Å². The number of piperidine rings is 1. The van der Waals surface area contributed by atoms with Gasteiger partial charge in [-0.2, -0.15) is 0 Å². The van der Waals surface area contributed by atoms with Gasteiger partial charge in [-0.3, -0.25) is 9.69 Å². The molecule has 0 spiro atoms. The Morgan fingerprint density at radius 3 is 2.92 bits per heavy atom. The van der Waals surface area contributed by atoms with Gasteiger partial charge in [0.25, 0.3) is 0 Å². The number of nitrogens with one attached hydrogen (secondary N) is 1. The van der Waals surface area contributed by atoms with Crippen LogP contribution in [0.2, 0.25) is 0 Å². The molecule has 1 N–H and O–H groups in total. The molecule has 5 nitrogen and oxygen atoms in total. The molecule has 1 amide bonds. The average molecular weight is 373 g/mol. The molecule has 136 valence electrons. The summed E-state index contributed by atoms with van der Waals surface area (Å²) in [6.07, 6.45) is 4.38. The van der Waals surface area contributed by atoms with Gasteiger partial charge in [-0.05, 0) is 25.8 Å². The van der Waals surface area contributed by atoms with Gasteiger partial charge in [0, 0.05) is 38.1 Å². The molecule has 7 heteroatoms. The van der Waals surface area contributed by atoms with Crippen molar-refractivity contribution in [3.05, 3.63) is 16.1 Å². The van der Waals surface area contributed by atoms with Crippen molar-refractivity contribution in [1.82, 2.24) is 20.1 Å². The van der Waals surface area contributed by atoms with Crippen LogP contribution in [0.3, 0.4) is 0 Å². The second-order valence-corrected chi connectivity index (χ2v) is 7.57. The van der Waals surface area contributed by atoms with Crippen LogP contribution in [0.1, 0.15) is 36.9 Å². The summed E-state index contributed by atoms with van der Waals surface area (Å²) in [4.78, 5) is 21.9. The highest BCUT2D eigenvalue weighted by Crippen LogP contribution is 2.22. The summed E-state index contributed by atoms with van der Waals surface area (Å²) in [5, 5.41) is 6.70. The van der Waals surface area contributed by atoms with Gasteiger partial charge >= 0.3 is 0 Å². The zero-order chi connectivity index (χ0) is 16.1. The number of nitrogens with zero attached hydrogens (tertiary/aromatic N) is 3. The Hall–Kier alpha value is -0.690. The summed E-state index contributed by atoms with van der Waals surface area (Å²) in [6.45, 7) is 8.67. The summed E-state index contributed by atoms with van der Waals surface area (Å²) in [6, 6.07) is 0. The van der Waals surface area contributed by atoms with Crippen molar-refractivity contribution in [1.29, 1.82) is 0 Å². The number of carbonyl (C=O) groups excluding carboxylic acids is 1. The molecule has 0 bridgehead atoms. The minimum atomic E-state index is 0. The van der Waals surface area contributed by atoms with E-state index in [4.69, 9.17) is 4.98 Å². The predicted octanol–water partition coefficient (Wildman–Crippen LogP) is 2.16. The van der Waals surface area contributed by atoms with E-state index in [1.165, 1.54) is 10.7 Å². The molecule has 0 saturated carbocycles. The Balaban J connectivity index is 0.00000208. The van der Waals surface area contributed by atoms with Crippen LogP contribution in [0, 0.1) is 5.92 Å². The van der Waals surface area contributed by atoms with Crippen LogP contribution in [0.5, 0.6) is 0 Å². The number of aryl methyl sites for hydroxylation is 1. The fraction of sp³-hybridized carbons (Fsp3) is 0.765. The Kier molecular flexibility index (Phi) is 7.94. The lowest BCUT2D eigenvalue weighted by Crippen LogP contribution is -2.51. The first-order valence-corrected chi connectivity index (χ1v) is 9.79. The summed E-state index contributed by atoms with van der Waals surface area (Å²) >= 11 is 1.76. The van der Waals surface area contributed by atoms with Gasteiger partial charge in [0.2, 0.25) is 5.91 Å². The average Bonchev–Trinajstić information content (AvgIpc) is 3.03. The molecule has 2 fully saturated rings. The topological polar surface area (TPSA) is 48.5 Å². The number of likely N-dealkylation sites (tertiary alicyclic amines) is 1. The van der Waals surface area contributed by atoms with E-state index in [2.05, 4.69) is 22.5 Å². The number of carbonyl (C=O) groups is 1. The predicted molar refractivity (Wildman–Crippen MR) is 101 cm³/mol. The lowest BCUT2D eigenvalue weighted by molar-refractivity contribution is -0.138. The van der Waals surface area contributed by atoms with E-state index in [-0.39, 0.29) is 18.3 Å². The van der Waals surface area contributed by atoms with Gasteiger partial charge in [-0.1, -0.05) is 13.3 Å². The molecule has 24 heavy (non-hydrogen) atoms. The second-order valence-electron chi connectivity index (χ2n) is 6.63. The Bertz CT molecular complexity index is 518. The van der Waals surface area contributed by atoms with Crippen molar-refractivity contribution >= 4 is 29.7 Å². The number of thiazole rings is 1. The zero-order valence-corrected chi connectivity index (χ0v) is 16.1. The van der Waals surface area contributed by atoms with E-state index in [0.717, 1.165) is 71.5 Å². The number of hydrogen-bond donors (Lipinski definition) is 1. The van der Waals surface area contributed by atoms with Crippen LogP contribution < -0.4 is 5.32 Å². The number of aromatic nitrogens is 1. The molecule has 0 aliphatic carbocycles. The molecule has 0 aromatic carbocycles. The minimum absolute atomic E-state index is 0. The number of amides is 1. The summed E-state index contributed by atoms with van der Waals surface area (Å²) in [7, 11) is 0. The van der Waals surface area contributed by atoms with Gasteiger partial charge in [0.1, 0.15) is 5.01 Å². The van der Waals surface area contributed by atoms with Gasteiger partial charge in [-0.15, -0.1) is 23.7 Å². The van der Waals surface area contributed by atoms with E-state index in [0.29, 0.717) is 5.91 Å². The number of piperazine rings is 1. The second kappa shape index (κ2) is 9.70. The van der Waals surface area contributed by atoms with Crippen molar-refractivity contribution in [2.75, 3.05) is 39.3 Å². The maximum Gasteiger partial charge on any atom is 0.227 e. The molecule has 0 radical (unpaired) electrons. The van der Waals surface area contributed by atoms with E-state index in [9.17, 15) is 4.79 Å². The van der Waals surface area contributed by atoms with Crippen LogP contribution in [0.4, 0.5) is 0 Å². The highest BCUT2D eigenvalue weighted by Gasteiger charge is 2.30. The first kappa shape index (κ1) is 19.6. The smallest absolute Gasteiger partial charge is 0.227 e. The quantitative estimate of drug-likeness (QED) is 0.860. The molecule has 2 aliphatic rings. The van der Waals surface area contributed by atoms with E-state index in [1.54, 1.807) is 11.3 Å². The van der Waals surface area contributed by atoms with Crippen molar-refractivity contribution in [2.24, 2.45) is 5.92 Å². The first-order chi connectivity index (χ1) is 11.3. The third-order valence-corrected chi connectivity index (χ3v) is 5.63.